The van der Waals surface area contributed by atoms with Crippen molar-refractivity contribution in [2.24, 2.45) is 16.6 Å². The molecule has 2 aromatic rings. The van der Waals surface area contributed by atoms with Crippen LogP contribution in [0.2, 0.25) is 0 Å². The first kappa shape index (κ1) is 28.0. The predicted molar refractivity (Wildman–Crippen MR) is 145 cm³/mol. The number of urea groups is 1. The number of primary amides is 1. The molecule has 1 aromatic heterocycles. The van der Waals surface area contributed by atoms with E-state index in [0.717, 1.165) is 33.9 Å². The summed E-state index contributed by atoms with van der Waals surface area (Å²) in [5.41, 5.74) is 7.54. The number of nitrogens with two attached hydrogens (primary N) is 1. The summed E-state index contributed by atoms with van der Waals surface area (Å²) in [6.45, 7) is 8.83. The van der Waals surface area contributed by atoms with Crippen LogP contribution in [0.15, 0.2) is 28.7 Å². The van der Waals surface area contributed by atoms with Crippen LogP contribution in [0.4, 0.5) is 10.5 Å². The molecular formula is C26H34BrN3O5S. The lowest BCUT2D eigenvalue weighted by Gasteiger charge is -2.45. The Bertz CT molecular complexity index is 1140. The monoisotopic (exact) mass is 579 g/mol. The van der Waals surface area contributed by atoms with E-state index >= 15 is 0 Å². The van der Waals surface area contributed by atoms with Crippen LogP contribution in [0.1, 0.15) is 56.6 Å². The maximum Gasteiger partial charge on any atom is 0.351 e. The number of nitrogens with zero attached hydrogens (tertiary/aromatic N) is 1. The van der Waals surface area contributed by atoms with Gasteiger partial charge in [-0.2, -0.15) is 0 Å². The summed E-state index contributed by atoms with van der Waals surface area (Å²) in [6.07, 6.45) is 3.36. The van der Waals surface area contributed by atoms with Gasteiger partial charge in [-0.15, -0.1) is 11.3 Å². The number of hydrogen-bond acceptors (Lipinski definition) is 7. The molecule has 0 spiro atoms. The highest BCUT2D eigenvalue weighted by atomic mass is 79.9. The number of ether oxygens (including phenoxy) is 2. The van der Waals surface area contributed by atoms with Crippen molar-refractivity contribution in [3.63, 3.8) is 0 Å². The third-order valence-corrected chi connectivity index (χ3v) is 8.49. The number of imide groups is 1. The Balaban J connectivity index is 1.88. The fraction of sp³-hybridized carbons (Fsp3) is 0.500. The molecule has 0 atom stereocenters. The Morgan fingerprint density at radius 3 is 2.42 bits per heavy atom. The summed E-state index contributed by atoms with van der Waals surface area (Å²) < 4.78 is 11.1. The van der Waals surface area contributed by atoms with Gasteiger partial charge < -0.3 is 20.5 Å². The second-order valence-electron chi connectivity index (χ2n) is 10.8. The highest BCUT2D eigenvalue weighted by molar-refractivity contribution is 9.10. The molecule has 1 fully saturated rings. The van der Waals surface area contributed by atoms with Crippen LogP contribution in [0.5, 0.6) is 5.75 Å². The van der Waals surface area contributed by atoms with Crippen LogP contribution in [0.25, 0.3) is 10.4 Å². The molecule has 1 aliphatic rings. The maximum absolute atomic E-state index is 12.5. The number of benzene rings is 1. The van der Waals surface area contributed by atoms with Gasteiger partial charge in [-0.3, -0.25) is 9.69 Å². The van der Waals surface area contributed by atoms with Crippen molar-refractivity contribution < 1.29 is 23.9 Å². The first-order valence-electron chi connectivity index (χ1n) is 11.7. The van der Waals surface area contributed by atoms with Crippen molar-refractivity contribution >= 4 is 50.9 Å². The molecule has 3 N–H and O–H groups in total. The average Bonchev–Trinajstić information content (AvgIpc) is 3.10. The SMILES string of the molecule is COC(=O)c1sc(-c2cccc(NC3CC(C)(C)CC(C)(C)C3)c2)c(Br)c1OCC(=O)N(C)C(N)=O. The molecule has 1 heterocycles. The molecule has 196 valence electrons. The van der Waals surface area contributed by atoms with Crippen molar-refractivity contribution in [3.8, 4) is 16.2 Å². The number of methoxy groups -OCH3 is 1. The summed E-state index contributed by atoms with van der Waals surface area (Å²) in [5, 5.41) is 3.71. The largest absolute Gasteiger partial charge is 0.481 e. The van der Waals surface area contributed by atoms with Crippen LogP contribution in [0, 0.1) is 10.8 Å². The summed E-state index contributed by atoms with van der Waals surface area (Å²) in [7, 11) is 2.54. The zero-order valence-electron chi connectivity index (χ0n) is 21.6. The van der Waals surface area contributed by atoms with E-state index in [2.05, 4.69) is 48.9 Å². The van der Waals surface area contributed by atoms with Crippen LogP contribution in [-0.2, 0) is 9.53 Å². The van der Waals surface area contributed by atoms with E-state index in [4.69, 9.17) is 15.2 Å². The number of thiophene rings is 1. The van der Waals surface area contributed by atoms with Gasteiger partial charge in [0, 0.05) is 18.8 Å². The molecule has 3 rings (SSSR count). The van der Waals surface area contributed by atoms with Crippen LogP contribution >= 0.6 is 27.3 Å². The molecule has 36 heavy (non-hydrogen) atoms. The molecule has 3 amide bonds. The van der Waals surface area contributed by atoms with E-state index in [0.29, 0.717) is 10.5 Å². The molecule has 0 radical (unpaired) electrons. The fourth-order valence-electron chi connectivity index (χ4n) is 5.23. The molecule has 0 bridgehead atoms. The van der Waals surface area contributed by atoms with Crippen LogP contribution in [-0.4, -0.2) is 49.6 Å². The molecule has 0 unspecified atom stereocenters. The highest BCUT2D eigenvalue weighted by Gasteiger charge is 2.38. The van der Waals surface area contributed by atoms with Gasteiger partial charge in [0.2, 0.25) is 0 Å². The molecule has 1 aliphatic carbocycles. The van der Waals surface area contributed by atoms with E-state index in [1.54, 1.807) is 0 Å². The lowest BCUT2D eigenvalue weighted by molar-refractivity contribution is -0.129. The number of nitrogens with one attached hydrogen (secondary N) is 1. The summed E-state index contributed by atoms with van der Waals surface area (Å²) in [4.78, 5) is 37.6. The van der Waals surface area contributed by atoms with Gasteiger partial charge in [0.25, 0.3) is 5.91 Å². The Morgan fingerprint density at radius 2 is 1.83 bits per heavy atom. The summed E-state index contributed by atoms with van der Waals surface area (Å²) in [6, 6.07) is 7.46. The first-order valence-corrected chi connectivity index (χ1v) is 13.3. The number of esters is 1. The topological polar surface area (TPSA) is 111 Å². The van der Waals surface area contributed by atoms with E-state index in [9.17, 15) is 14.4 Å². The fourth-order valence-corrected chi connectivity index (χ4v) is 7.19. The van der Waals surface area contributed by atoms with Gasteiger partial charge >= 0.3 is 12.0 Å². The van der Waals surface area contributed by atoms with E-state index < -0.39 is 24.5 Å². The normalized spacial score (nSPS) is 16.8. The molecular weight excluding hydrogens is 546 g/mol. The number of hydrogen-bond donors (Lipinski definition) is 2. The van der Waals surface area contributed by atoms with Crippen molar-refractivity contribution in [1.29, 1.82) is 0 Å². The second-order valence-corrected chi connectivity index (χ2v) is 12.6. The lowest BCUT2D eigenvalue weighted by Crippen LogP contribution is -2.40. The average molecular weight is 581 g/mol. The minimum Gasteiger partial charge on any atom is -0.481 e. The minimum absolute atomic E-state index is 0.183. The van der Waals surface area contributed by atoms with Crippen molar-refractivity contribution in [2.45, 2.75) is 53.0 Å². The Hall–Kier alpha value is -2.59. The van der Waals surface area contributed by atoms with Crippen molar-refractivity contribution in [3.05, 3.63) is 33.6 Å². The number of carbonyl (C=O) groups excluding carboxylic acids is 3. The molecule has 0 aliphatic heterocycles. The van der Waals surface area contributed by atoms with Crippen molar-refractivity contribution in [2.75, 3.05) is 26.1 Å². The summed E-state index contributed by atoms with van der Waals surface area (Å²) in [5.74, 6) is -1.04. The quantitative estimate of drug-likeness (QED) is 0.395. The third kappa shape index (κ3) is 6.59. The lowest BCUT2D eigenvalue weighted by atomic mass is 9.63. The number of halogens is 1. The predicted octanol–water partition coefficient (Wildman–Crippen LogP) is 5.90. The zero-order chi connectivity index (χ0) is 26.8. The Morgan fingerprint density at radius 1 is 1.19 bits per heavy atom. The van der Waals surface area contributed by atoms with Crippen molar-refractivity contribution in [1.82, 2.24) is 4.90 Å². The number of carbonyl (C=O) groups is 3. The van der Waals surface area contributed by atoms with E-state index in [-0.39, 0.29) is 21.5 Å². The maximum atomic E-state index is 12.5. The Labute approximate surface area is 224 Å². The van der Waals surface area contributed by atoms with Gasteiger partial charge in [-0.1, -0.05) is 39.8 Å². The molecule has 1 saturated carbocycles. The smallest absolute Gasteiger partial charge is 0.351 e. The standard InChI is InChI=1S/C26H34BrN3O5S/c1-25(2)11-17(12-26(3,4)14-25)29-16-9-7-8-15(10-16)21-19(27)20(22(36-21)23(32)34-6)35-13-18(31)30(5)24(28)33/h7-10,17,29H,11-14H2,1-6H3,(H2,28,33). The van der Waals surface area contributed by atoms with E-state index in [1.165, 1.54) is 31.9 Å². The number of anilines is 1. The second kappa shape index (κ2) is 10.8. The van der Waals surface area contributed by atoms with Gasteiger partial charge in [-0.05, 0) is 63.7 Å². The van der Waals surface area contributed by atoms with Crippen LogP contribution < -0.4 is 15.8 Å². The number of rotatable bonds is 7. The van der Waals surface area contributed by atoms with Gasteiger partial charge in [0.1, 0.15) is 0 Å². The molecule has 8 nitrogen and oxygen atoms in total. The van der Waals surface area contributed by atoms with Gasteiger partial charge in [-0.25, -0.2) is 9.59 Å². The number of likely N-dealkylation sites (N-methyl/N-ethyl adjacent to an activating group) is 1. The van der Waals surface area contributed by atoms with Crippen LogP contribution in [0.3, 0.4) is 0 Å². The molecule has 0 saturated heterocycles. The molecule has 10 heteroatoms. The van der Waals surface area contributed by atoms with Gasteiger partial charge in [0.15, 0.2) is 17.2 Å². The zero-order valence-corrected chi connectivity index (χ0v) is 24.0. The minimum atomic E-state index is -0.893. The third-order valence-electron chi connectivity index (χ3n) is 6.28. The first-order chi connectivity index (χ1) is 16.7. The van der Waals surface area contributed by atoms with E-state index in [1.807, 2.05) is 24.3 Å². The summed E-state index contributed by atoms with van der Waals surface area (Å²) >= 11 is 4.75. The Kier molecular flexibility index (Phi) is 8.40. The number of amides is 3. The highest BCUT2D eigenvalue weighted by Crippen LogP contribution is 2.48. The molecule has 1 aromatic carbocycles. The van der Waals surface area contributed by atoms with Gasteiger partial charge in [0.05, 0.1) is 16.5 Å².